The summed E-state index contributed by atoms with van der Waals surface area (Å²) in [7, 11) is 0. The highest BCUT2D eigenvalue weighted by Gasteiger charge is 2.38. The first-order valence-corrected chi connectivity index (χ1v) is 23.9. The predicted molar refractivity (Wildman–Crippen MR) is 289 cm³/mol. The third-order valence-corrected chi connectivity index (χ3v) is 15.2. The van der Waals surface area contributed by atoms with Gasteiger partial charge in [-0.25, -0.2) is 0 Å². The Labute approximate surface area is 399 Å². The van der Waals surface area contributed by atoms with E-state index < -0.39 is 0 Å². The maximum absolute atomic E-state index is 2.49. The van der Waals surface area contributed by atoms with Crippen LogP contribution < -0.4 is 9.80 Å². The van der Waals surface area contributed by atoms with Gasteiger partial charge < -0.3 is 9.80 Å². The van der Waals surface area contributed by atoms with Crippen LogP contribution in [0.1, 0.15) is 49.9 Å². The van der Waals surface area contributed by atoms with Gasteiger partial charge in [0.2, 0.25) is 0 Å². The van der Waals surface area contributed by atoms with Gasteiger partial charge in [0.25, 0.3) is 0 Å². The van der Waals surface area contributed by atoms with E-state index in [1.807, 2.05) is 0 Å². The minimum absolute atomic E-state index is 0.191. The smallest absolute Gasteiger partial charge is 0.0508 e. The van der Waals surface area contributed by atoms with Crippen molar-refractivity contribution in [2.45, 2.75) is 38.5 Å². The second-order valence-electron chi connectivity index (χ2n) is 19.7. The molecule has 13 rings (SSSR count). The van der Waals surface area contributed by atoms with Gasteiger partial charge in [-0.15, -0.1) is 0 Å². The van der Waals surface area contributed by atoms with E-state index in [0.717, 1.165) is 11.4 Å². The minimum atomic E-state index is -0.191. The Morgan fingerprint density at radius 1 is 0.279 bits per heavy atom. The molecule has 2 aliphatic heterocycles. The van der Waals surface area contributed by atoms with E-state index in [2.05, 4.69) is 268 Å². The van der Waals surface area contributed by atoms with Gasteiger partial charge >= 0.3 is 0 Å². The first-order valence-electron chi connectivity index (χ1n) is 23.9. The zero-order valence-corrected chi connectivity index (χ0v) is 38.8. The molecule has 2 heterocycles. The molecular formula is C66H50N2. The summed E-state index contributed by atoms with van der Waals surface area (Å²) >= 11 is 0. The molecule has 2 nitrogen and oxygen atoms in total. The summed E-state index contributed by atoms with van der Waals surface area (Å²) in [4.78, 5) is 4.93. The van der Waals surface area contributed by atoms with Gasteiger partial charge in [-0.2, -0.15) is 0 Å². The molecule has 0 aromatic heterocycles. The van der Waals surface area contributed by atoms with Crippen LogP contribution in [-0.2, 0) is 10.8 Å². The second kappa shape index (κ2) is 15.2. The van der Waals surface area contributed by atoms with E-state index in [1.54, 1.807) is 0 Å². The van der Waals surface area contributed by atoms with Gasteiger partial charge in [0.1, 0.15) is 0 Å². The van der Waals surface area contributed by atoms with E-state index in [9.17, 15) is 0 Å². The molecule has 0 N–H and O–H groups in total. The summed E-state index contributed by atoms with van der Waals surface area (Å²) in [6.07, 6.45) is 0. The molecule has 0 radical (unpaired) electrons. The van der Waals surface area contributed by atoms with Crippen LogP contribution in [0.25, 0.3) is 65.7 Å². The summed E-state index contributed by atoms with van der Waals surface area (Å²) in [6.45, 7) is 9.48. The lowest BCUT2D eigenvalue weighted by Gasteiger charge is -2.42. The van der Waals surface area contributed by atoms with Crippen LogP contribution in [0, 0.1) is 0 Å². The average molecular weight is 871 g/mol. The lowest BCUT2D eigenvalue weighted by molar-refractivity contribution is 0.632. The third kappa shape index (κ3) is 5.97. The van der Waals surface area contributed by atoms with Crippen molar-refractivity contribution >= 4 is 66.4 Å². The Hall–Kier alpha value is -8.20. The van der Waals surface area contributed by atoms with Gasteiger partial charge in [-0.1, -0.05) is 204 Å². The summed E-state index contributed by atoms with van der Waals surface area (Å²) < 4.78 is 0. The highest BCUT2D eigenvalue weighted by molar-refractivity contribution is 6.21. The largest absolute Gasteiger partial charge is 0.310 e. The van der Waals surface area contributed by atoms with E-state index in [-0.39, 0.29) is 10.8 Å². The van der Waals surface area contributed by atoms with Crippen molar-refractivity contribution in [2.75, 3.05) is 9.80 Å². The van der Waals surface area contributed by atoms with Crippen LogP contribution in [0.5, 0.6) is 0 Å². The minimum Gasteiger partial charge on any atom is -0.310 e. The SMILES string of the molecule is CC1(C)c2ccccc2N(c2ccccc2)c2cc(-c3cccc4c(-c5cccc6ccccc56)c5cccc(-c6ccc7c(c6)N(c6ccccc6)c6ccccc6C7(C)C)c5cc34)ccc21. The van der Waals surface area contributed by atoms with Gasteiger partial charge in [0, 0.05) is 22.2 Å². The standard InChI is InChI=1S/C66H50N2/c1-65(2)56-32-13-15-34-60(56)67(46-22-7-5-8-23-46)62-40-44(36-38-58(62)65)49-27-18-30-52-54(49)42-55-50(28-19-31-53(55)64(52)51-29-17-21-43-20-11-12-26-48(43)51)45-37-39-59-63(41-45)68(47-24-9-6-10-25-47)61-35-16-14-33-57(61)66(59,3)4/h5-42H,1-4H3. The lowest BCUT2D eigenvalue weighted by Crippen LogP contribution is -2.30. The molecule has 0 atom stereocenters. The monoisotopic (exact) mass is 870 g/mol. The zero-order valence-electron chi connectivity index (χ0n) is 38.8. The summed E-state index contributed by atoms with van der Waals surface area (Å²) in [6, 6.07) is 85.9. The van der Waals surface area contributed by atoms with Crippen LogP contribution in [0.2, 0.25) is 0 Å². The molecule has 0 saturated carbocycles. The number of fused-ring (bicyclic) bond motifs is 7. The molecule has 324 valence electrons. The normalized spacial score (nSPS) is 14.4. The highest BCUT2D eigenvalue weighted by atomic mass is 15.2. The van der Waals surface area contributed by atoms with Crippen LogP contribution in [0.3, 0.4) is 0 Å². The maximum Gasteiger partial charge on any atom is 0.0508 e. The zero-order chi connectivity index (χ0) is 45.7. The summed E-state index contributed by atoms with van der Waals surface area (Å²) in [5.41, 5.74) is 19.4. The molecule has 2 heteroatoms. The number of nitrogens with zero attached hydrogens (tertiary/aromatic N) is 2. The molecule has 11 aromatic carbocycles. The Bertz CT molecular complexity index is 3590. The molecule has 0 aliphatic carbocycles. The van der Waals surface area contributed by atoms with E-state index in [0.29, 0.717) is 0 Å². The van der Waals surface area contributed by atoms with Crippen molar-refractivity contribution in [1.29, 1.82) is 0 Å². The van der Waals surface area contributed by atoms with Gasteiger partial charge in [-0.05, 0) is 143 Å². The Balaban J connectivity index is 1.08. The molecule has 2 aliphatic rings. The molecule has 0 unspecified atom stereocenters. The number of anilines is 6. The molecule has 0 amide bonds. The van der Waals surface area contributed by atoms with Gasteiger partial charge in [0.15, 0.2) is 0 Å². The van der Waals surface area contributed by atoms with E-state index >= 15 is 0 Å². The first-order chi connectivity index (χ1) is 33.3. The van der Waals surface area contributed by atoms with Crippen LogP contribution in [-0.4, -0.2) is 0 Å². The number of hydrogen-bond acceptors (Lipinski definition) is 2. The second-order valence-corrected chi connectivity index (χ2v) is 19.7. The number of hydrogen-bond donors (Lipinski definition) is 0. The molecule has 0 bridgehead atoms. The van der Waals surface area contributed by atoms with Gasteiger partial charge in [-0.3, -0.25) is 0 Å². The Morgan fingerprint density at radius 2 is 0.676 bits per heavy atom. The third-order valence-electron chi connectivity index (χ3n) is 15.2. The van der Waals surface area contributed by atoms with E-state index in [1.165, 1.54) is 111 Å². The molecule has 0 saturated heterocycles. The maximum atomic E-state index is 2.49. The average Bonchev–Trinajstić information content (AvgIpc) is 3.38. The van der Waals surface area contributed by atoms with Crippen LogP contribution >= 0.6 is 0 Å². The quantitative estimate of drug-likeness (QED) is 0.159. The predicted octanol–water partition coefficient (Wildman–Crippen LogP) is 18.4. The first kappa shape index (κ1) is 40.1. The fourth-order valence-corrected chi connectivity index (χ4v) is 11.9. The van der Waals surface area contributed by atoms with Crippen LogP contribution in [0.15, 0.2) is 231 Å². The Morgan fingerprint density at radius 3 is 1.21 bits per heavy atom. The van der Waals surface area contributed by atoms with Crippen molar-refractivity contribution in [1.82, 2.24) is 0 Å². The lowest BCUT2D eigenvalue weighted by atomic mass is 9.73. The van der Waals surface area contributed by atoms with Crippen molar-refractivity contribution < 1.29 is 0 Å². The van der Waals surface area contributed by atoms with Gasteiger partial charge in [0.05, 0.1) is 22.7 Å². The molecule has 0 fully saturated rings. The van der Waals surface area contributed by atoms with E-state index in [4.69, 9.17) is 0 Å². The fourth-order valence-electron chi connectivity index (χ4n) is 11.9. The number of para-hydroxylation sites is 4. The van der Waals surface area contributed by atoms with Crippen LogP contribution in [0.4, 0.5) is 34.1 Å². The van der Waals surface area contributed by atoms with Crippen molar-refractivity contribution in [3.05, 3.63) is 253 Å². The topological polar surface area (TPSA) is 6.48 Å². The fraction of sp³-hybridized carbons (Fsp3) is 0.0909. The molecule has 0 spiro atoms. The Kier molecular flexibility index (Phi) is 8.95. The molecular weight excluding hydrogens is 821 g/mol. The molecule has 68 heavy (non-hydrogen) atoms. The van der Waals surface area contributed by atoms with Crippen molar-refractivity contribution in [3.63, 3.8) is 0 Å². The number of rotatable bonds is 5. The summed E-state index contributed by atoms with van der Waals surface area (Å²) in [5.74, 6) is 0. The molecule has 11 aromatic rings. The van der Waals surface area contributed by atoms with Crippen molar-refractivity contribution in [3.8, 4) is 33.4 Å². The van der Waals surface area contributed by atoms with Crippen molar-refractivity contribution in [2.24, 2.45) is 0 Å². The number of benzene rings is 11. The summed E-state index contributed by atoms with van der Waals surface area (Å²) in [5, 5.41) is 7.43. The highest BCUT2D eigenvalue weighted by Crippen LogP contribution is 2.55.